The Labute approximate surface area is 164 Å². The Kier molecular flexibility index (Phi) is 7.55. The number of nitrogens with one attached hydrogen (secondary N) is 4. The highest BCUT2D eigenvalue weighted by atomic mass is 32.2. The third kappa shape index (κ3) is 6.87. The van der Waals surface area contributed by atoms with Crippen molar-refractivity contribution < 1.29 is 14.4 Å². The lowest BCUT2D eigenvalue weighted by atomic mass is 10.3. The number of nitrogens with zero attached hydrogens (tertiary/aromatic N) is 2. The number of hydrogen-bond donors (Lipinski definition) is 4. The molecule has 0 aliphatic rings. The number of amides is 4. The van der Waals surface area contributed by atoms with Crippen molar-refractivity contribution in [3.63, 3.8) is 0 Å². The Morgan fingerprint density at radius 3 is 2.67 bits per heavy atom. The van der Waals surface area contributed by atoms with Crippen molar-refractivity contribution in [1.29, 1.82) is 0 Å². The maximum Gasteiger partial charge on any atom is 0.321 e. The summed E-state index contributed by atoms with van der Waals surface area (Å²) in [4.78, 5) is 34.5. The van der Waals surface area contributed by atoms with Crippen LogP contribution in [-0.2, 0) is 9.59 Å². The number of anilines is 3. The summed E-state index contributed by atoms with van der Waals surface area (Å²) in [5.74, 6) is -0.555. The fourth-order valence-electron chi connectivity index (χ4n) is 1.93. The van der Waals surface area contributed by atoms with Gasteiger partial charge in [0.2, 0.25) is 16.9 Å². The van der Waals surface area contributed by atoms with Crippen molar-refractivity contribution in [3.8, 4) is 0 Å². The highest BCUT2D eigenvalue weighted by Gasteiger charge is 2.19. The molecule has 11 heteroatoms. The fraction of sp³-hybridized carbons (Fsp3) is 0.312. The lowest BCUT2D eigenvalue weighted by molar-refractivity contribution is -0.119. The van der Waals surface area contributed by atoms with E-state index < -0.39 is 17.2 Å². The molecule has 0 spiro atoms. The van der Waals surface area contributed by atoms with Crippen molar-refractivity contribution in [2.75, 3.05) is 17.2 Å². The van der Waals surface area contributed by atoms with Gasteiger partial charge in [0.25, 0.3) is 0 Å². The summed E-state index contributed by atoms with van der Waals surface area (Å²) in [6, 6.07) is 6.68. The zero-order valence-electron chi connectivity index (χ0n) is 15.0. The molecule has 2 rings (SSSR count). The van der Waals surface area contributed by atoms with Crippen LogP contribution in [0, 0.1) is 0 Å². The van der Waals surface area contributed by atoms with Gasteiger partial charge in [-0.3, -0.25) is 14.9 Å². The fourth-order valence-corrected chi connectivity index (χ4v) is 3.85. The minimum absolute atomic E-state index is 0.151. The van der Waals surface area contributed by atoms with Gasteiger partial charge in [-0.1, -0.05) is 29.2 Å². The average Bonchev–Trinajstić information content (AvgIpc) is 3.01. The first kappa shape index (κ1) is 20.6. The van der Waals surface area contributed by atoms with Gasteiger partial charge in [-0.25, -0.2) is 4.79 Å². The van der Waals surface area contributed by atoms with Crippen LogP contribution in [0.5, 0.6) is 0 Å². The number of aromatic nitrogens is 2. The van der Waals surface area contributed by atoms with E-state index in [0.29, 0.717) is 21.7 Å². The van der Waals surface area contributed by atoms with Crippen LogP contribution in [0.4, 0.5) is 21.3 Å². The average molecular weight is 409 g/mol. The largest absolute Gasteiger partial charge is 0.338 e. The Balaban J connectivity index is 1.93. The molecule has 0 saturated carbocycles. The van der Waals surface area contributed by atoms with Crippen molar-refractivity contribution in [2.24, 2.45) is 0 Å². The van der Waals surface area contributed by atoms with Crippen LogP contribution in [0.1, 0.15) is 20.8 Å². The number of imide groups is 1. The lowest BCUT2D eigenvalue weighted by Crippen LogP contribution is -2.42. The van der Waals surface area contributed by atoms with Gasteiger partial charge in [0.15, 0.2) is 4.34 Å². The molecular weight excluding hydrogens is 388 g/mol. The molecule has 1 heterocycles. The van der Waals surface area contributed by atoms with Crippen molar-refractivity contribution >= 4 is 57.5 Å². The number of hydrogen-bond acceptors (Lipinski definition) is 8. The van der Waals surface area contributed by atoms with Crippen molar-refractivity contribution in [3.05, 3.63) is 24.3 Å². The van der Waals surface area contributed by atoms with Gasteiger partial charge in [0, 0.05) is 24.8 Å². The minimum atomic E-state index is -0.520. The standard InChI is InChI=1S/C16H20N6O3S2/c1-4-17-14(25)20-13(24)9(2)26-16-22-21-15(27-16)19-12-7-5-6-11(8-12)18-10(3)23/h5-9H,4H2,1-3H3,(H,18,23)(H,19,21)(H2,17,20,24,25). The molecule has 4 N–H and O–H groups in total. The van der Waals surface area contributed by atoms with Crippen LogP contribution >= 0.6 is 23.1 Å². The van der Waals surface area contributed by atoms with Gasteiger partial charge in [-0.15, -0.1) is 10.2 Å². The maximum absolute atomic E-state index is 12.0. The predicted molar refractivity (Wildman–Crippen MR) is 106 cm³/mol. The van der Waals surface area contributed by atoms with Gasteiger partial charge in [0.05, 0.1) is 5.25 Å². The monoisotopic (exact) mass is 408 g/mol. The molecule has 0 aliphatic carbocycles. The molecule has 1 atom stereocenters. The van der Waals surface area contributed by atoms with E-state index in [1.807, 2.05) is 6.07 Å². The summed E-state index contributed by atoms with van der Waals surface area (Å²) in [5.41, 5.74) is 1.42. The number of thioether (sulfide) groups is 1. The summed E-state index contributed by atoms with van der Waals surface area (Å²) in [7, 11) is 0. The van der Waals surface area contributed by atoms with Gasteiger partial charge in [-0.05, 0) is 32.0 Å². The molecule has 1 aromatic carbocycles. The minimum Gasteiger partial charge on any atom is -0.338 e. The molecule has 1 unspecified atom stereocenters. The van der Waals surface area contributed by atoms with E-state index >= 15 is 0 Å². The third-order valence-corrected chi connectivity index (χ3v) is 5.08. The molecule has 27 heavy (non-hydrogen) atoms. The number of carbonyl (C=O) groups is 3. The van der Waals surface area contributed by atoms with Crippen LogP contribution < -0.4 is 21.3 Å². The molecule has 0 fully saturated rings. The molecule has 0 saturated heterocycles. The molecule has 2 aromatic rings. The normalized spacial score (nSPS) is 11.4. The van der Waals surface area contributed by atoms with Gasteiger partial charge >= 0.3 is 6.03 Å². The number of rotatable bonds is 7. The Morgan fingerprint density at radius 1 is 1.22 bits per heavy atom. The molecule has 1 aromatic heterocycles. The summed E-state index contributed by atoms with van der Waals surface area (Å²) >= 11 is 2.49. The number of benzene rings is 1. The molecule has 144 valence electrons. The van der Waals surface area contributed by atoms with E-state index in [0.717, 1.165) is 5.69 Å². The molecule has 9 nitrogen and oxygen atoms in total. The number of carbonyl (C=O) groups excluding carboxylic acids is 3. The summed E-state index contributed by atoms with van der Waals surface area (Å²) in [6.07, 6.45) is 0. The molecule has 0 radical (unpaired) electrons. The van der Waals surface area contributed by atoms with Gasteiger partial charge < -0.3 is 16.0 Å². The van der Waals surface area contributed by atoms with E-state index in [1.54, 1.807) is 32.0 Å². The molecule has 0 aliphatic heterocycles. The van der Waals surface area contributed by atoms with E-state index in [9.17, 15) is 14.4 Å². The molecule has 4 amide bonds. The highest BCUT2D eigenvalue weighted by Crippen LogP contribution is 2.30. The van der Waals surface area contributed by atoms with Crippen LogP contribution in [0.15, 0.2) is 28.6 Å². The lowest BCUT2D eigenvalue weighted by Gasteiger charge is -2.09. The second-order valence-corrected chi connectivity index (χ2v) is 7.93. The van der Waals surface area contributed by atoms with Crippen LogP contribution in [0.25, 0.3) is 0 Å². The van der Waals surface area contributed by atoms with Crippen molar-refractivity contribution in [2.45, 2.75) is 30.4 Å². The SMILES string of the molecule is CCNC(=O)NC(=O)C(C)Sc1nnc(Nc2cccc(NC(C)=O)c2)s1. The zero-order chi connectivity index (χ0) is 19.8. The van der Waals surface area contributed by atoms with Crippen LogP contribution in [0.3, 0.4) is 0 Å². The van der Waals surface area contributed by atoms with E-state index in [-0.39, 0.29) is 5.91 Å². The zero-order valence-corrected chi connectivity index (χ0v) is 16.7. The number of urea groups is 1. The summed E-state index contributed by atoms with van der Waals surface area (Å²) in [6.45, 7) is 5.33. The second-order valence-electron chi connectivity index (χ2n) is 5.37. The first-order chi connectivity index (χ1) is 12.9. The van der Waals surface area contributed by atoms with Crippen molar-refractivity contribution in [1.82, 2.24) is 20.8 Å². The van der Waals surface area contributed by atoms with Gasteiger partial charge in [0.1, 0.15) is 0 Å². The predicted octanol–water partition coefficient (Wildman–Crippen LogP) is 2.57. The quantitative estimate of drug-likeness (QED) is 0.519. The topological polar surface area (TPSA) is 125 Å². The van der Waals surface area contributed by atoms with E-state index in [2.05, 4.69) is 31.5 Å². The third-order valence-electron chi connectivity index (χ3n) is 3.06. The van der Waals surface area contributed by atoms with Crippen LogP contribution in [-0.4, -0.2) is 39.8 Å². The molecule has 0 bridgehead atoms. The second kappa shape index (κ2) is 9.88. The maximum atomic E-state index is 12.0. The first-order valence-corrected chi connectivity index (χ1v) is 9.80. The summed E-state index contributed by atoms with van der Waals surface area (Å²) in [5, 5.41) is 18.7. The first-order valence-electron chi connectivity index (χ1n) is 8.11. The van der Waals surface area contributed by atoms with Gasteiger partial charge in [-0.2, -0.15) is 0 Å². The van der Waals surface area contributed by atoms with Crippen LogP contribution in [0.2, 0.25) is 0 Å². The van der Waals surface area contributed by atoms with E-state index in [4.69, 9.17) is 0 Å². The summed E-state index contributed by atoms with van der Waals surface area (Å²) < 4.78 is 0.592. The molecular formula is C16H20N6O3S2. The Hall–Kier alpha value is -2.66. The Bertz CT molecular complexity index is 826. The Morgan fingerprint density at radius 2 is 1.96 bits per heavy atom. The van der Waals surface area contributed by atoms with E-state index in [1.165, 1.54) is 30.0 Å². The highest BCUT2D eigenvalue weighted by molar-refractivity contribution is 8.02. The smallest absolute Gasteiger partial charge is 0.321 e.